The number of benzene rings is 1. The highest BCUT2D eigenvalue weighted by atomic mass is 16.5. The highest BCUT2D eigenvalue weighted by molar-refractivity contribution is 5.41. The first kappa shape index (κ1) is 14.9. The zero-order valence-electron chi connectivity index (χ0n) is 13.5. The van der Waals surface area contributed by atoms with E-state index in [0.717, 1.165) is 30.6 Å². The van der Waals surface area contributed by atoms with Gasteiger partial charge in [-0.25, -0.2) is 0 Å². The van der Waals surface area contributed by atoms with Crippen molar-refractivity contribution in [3.05, 3.63) is 29.3 Å². The van der Waals surface area contributed by atoms with Crippen LogP contribution >= 0.6 is 0 Å². The molecule has 3 rings (SSSR count). The number of nitrogens with one attached hydrogen (secondary N) is 1. The van der Waals surface area contributed by atoms with Crippen molar-refractivity contribution in [1.82, 2.24) is 5.32 Å². The molecule has 2 nitrogen and oxygen atoms in total. The van der Waals surface area contributed by atoms with Crippen LogP contribution in [0, 0.1) is 11.8 Å². The second-order valence-corrected chi connectivity index (χ2v) is 6.80. The summed E-state index contributed by atoms with van der Waals surface area (Å²) in [5.41, 5.74) is 2.85. The van der Waals surface area contributed by atoms with Gasteiger partial charge < -0.3 is 10.1 Å². The van der Waals surface area contributed by atoms with Gasteiger partial charge in [-0.1, -0.05) is 44.7 Å². The monoisotopic (exact) mass is 287 g/mol. The highest BCUT2D eigenvalue weighted by Gasteiger charge is 2.28. The van der Waals surface area contributed by atoms with Crippen molar-refractivity contribution in [1.29, 1.82) is 0 Å². The molecule has 1 saturated carbocycles. The van der Waals surface area contributed by atoms with E-state index in [4.69, 9.17) is 4.74 Å². The first-order chi connectivity index (χ1) is 10.3. The van der Waals surface area contributed by atoms with E-state index in [9.17, 15) is 0 Å². The SMILES string of the molecule is CCCC1CCC(C(NC)c2ccc3c(c2)CCO3)CC1. The van der Waals surface area contributed by atoms with E-state index in [1.54, 1.807) is 0 Å². The number of hydrogen-bond acceptors (Lipinski definition) is 2. The Hall–Kier alpha value is -1.02. The molecular weight excluding hydrogens is 258 g/mol. The lowest BCUT2D eigenvalue weighted by Gasteiger charge is -2.34. The van der Waals surface area contributed by atoms with Gasteiger partial charge in [0.15, 0.2) is 0 Å². The average molecular weight is 287 g/mol. The van der Waals surface area contributed by atoms with Gasteiger partial charge in [0.2, 0.25) is 0 Å². The van der Waals surface area contributed by atoms with E-state index >= 15 is 0 Å². The van der Waals surface area contributed by atoms with Crippen LogP contribution in [0.4, 0.5) is 0 Å². The molecule has 1 unspecified atom stereocenters. The summed E-state index contributed by atoms with van der Waals surface area (Å²) in [6.07, 6.45) is 9.44. The van der Waals surface area contributed by atoms with E-state index < -0.39 is 0 Å². The summed E-state index contributed by atoms with van der Waals surface area (Å²) >= 11 is 0. The Morgan fingerprint density at radius 2 is 2.05 bits per heavy atom. The van der Waals surface area contributed by atoms with Crippen LogP contribution in [-0.2, 0) is 6.42 Å². The molecule has 1 heterocycles. The molecule has 1 atom stereocenters. The summed E-state index contributed by atoms with van der Waals surface area (Å²) in [7, 11) is 2.12. The summed E-state index contributed by atoms with van der Waals surface area (Å²) in [5, 5.41) is 3.59. The Morgan fingerprint density at radius 1 is 1.24 bits per heavy atom. The lowest BCUT2D eigenvalue weighted by molar-refractivity contribution is 0.219. The van der Waals surface area contributed by atoms with Crippen molar-refractivity contribution >= 4 is 0 Å². The Balaban J connectivity index is 1.68. The highest BCUT2D eigenvalue weighted by Crippen LogP contribution is 2.39. The topological polar surface area (TPSA) is 21.3 Å². The molecule has 2 aliphatic rings. The molecule has 1 aromatic rings. The Morgan fingerprint density at radius 3 is 2.76 bits per heavy atom. The van der Waals surface area contributed by atoms with Crippen LogP contribution in [0.2, 0.25) is 0 Å². The number of rotatable bonds is 5. The smallest absolute Gasteiger partial charge is 0.122 e. The van der Waals surface area contributed by atoms with Gasteiger partial charge in [0.25, 0.3) is 0 Å². The maximum atomic E-state index is 5.63. The van der Waals surface area contributed by atoms with Crippen LogP contribution in [0.3, 0.4) is 0 Å². The van der Waals surface area contributed by atoms with Gasteiger partial charge >= 0.3 is 0 Å². The second-order valence-electron chi connectivity index (χ2n) is 6.80. The zero-order valence-corrected chi connectivity index (χ0v) is 13.5. The van der Waals surface area contributed by atoms with Gasteiger partial charge in [-0.2, -0.15) is 0 Å². The van der Waals surface area contributed by atoms with Crippen molar-refractivity contribution in [3.63, 3.8) is 0 Å². The lowest BCUT2D eigenvalue weighted by atomic mass is 9.75. The maximum Gasteiger partial charge on any atom is 0.122 e. The first-order valence-corrected chi connectivity index (χ1v) is 8.74. The summed E-state index contributed by atoms with van der Waals surface area (Å²) < 4.78 is 5.63. The predicted octanol–water partition coefficient (Wildman–Crippen LogP) is 4.49. The Kier molecular flexibility index (Phi) is 4.84. The van der Waals surface area contributed by atoms with Crippen molar-refractivity contribution in [2.75, 3.05) is 13.7 Å². The van der Waals surface area contributed by atoms with Crippen LogP contribution in [0.15, 0.2) is 18.2 Å². The maximum absolute atomic E-state index is 5.63. The average Bonchev–Trinajstić information content (AvgIpc) is 2.98. The van der Waals surface area contributed by atoms with E-state index in [-0.39, 0.29) is 0 Å². The zero-order chi connectivity index (χ0) is 14.7. The predicted molar refractivity (Wildman–Crippen MR) is 87.8 cm³/mol. The minimum Gasteiger partial charge on any atom is -0.493 e. The van der Waals surface area contributed by atoms with Crippen LogP contribution in [-0.4, -0.2) is 13.7 Å². The summed E-state index contributed by atoms with van der Waals surface area (Å²) in [5.74, 6) is 2.88. The summed E-state index contributed by atoms with van der Waals surface area (Å²) in [4.78, 5) is 0. The molecule has 2 heteroatoms. The Bertz CT molecular complexity index is 463. The third kappa shape index (κ3) is 3.26. The molecular formula is C19H29NO. The lowest BCUT2D eigenvalue weighted by Crippen LogP contribution is -2.28. The van der Waals surface area contributed by atoms with Gasteiger partial charge in [0.05, 0.1) is 6.61 Å². The molecule has 1 aliphatic heterocycles. The molecule has 1 aromatic carbocycles. The molecule has 0 bridgehead atoms. The number of ether oxygens (including phenoxy) is 1. The molecule has 0 aromatic heterocycles. The third-order valence-electron chi connectivity index (χ3n) is 5.44. The molecule has 21 heavy (non-hydrogen) atoms. The minimum atomic E-state index is 0.512. The standard InChI is InChI=1S/C19H29NO/c1-3-4-14-5-7-15(8-6-14)19(20-2)17-9-10-18-16(13-17)11-12-21-18/h9-10,13-15,19-20H,3-8,11-12H2,1-2H3. The molecule has 0 radical (unpaired) electrons. The summed E-state index contributed by atoms with van der Waals surface area (Å²) in [6.45, 7) is 3.17. The third-order valence-corrected chi connectivity index (χ3v) is 5.44. The van der Waals surface area contributed by atoms with Crippen molar-refractivity contribution in [2.45, 2.75) is 57.9 Å². The van der Waals surface area contributed by atoms with Crippen LogP contribution < -0.4 is 10.1 Å². The number of hydrogen-bond donors (Lipinski definition) is 1. The molecule has 1 fully saturated rings. The Labute approximate surface area is 129 Å². The van der Waals surface area contributed by atoms with Crippen molar-refractivity contribution in [2.24, 2.45) is 11.8 Å². The fraction of sp³-hybridized carbons (Fsp3) is 0.684. The summed E-state index contributed by atoms with van der Waals surface area (Å²) in [6, 6.07) is 7.33. The molecule has 0 saturated heterocycles. The fourth-order valence-corrected chi connectivity index (χ4v) is 4.29. The van der Waals surface area contributed by atoms with Crippen molar-refractivity contribution in [3.8, 4) is 5.75 Å². The van der Waals surface area contributed by atoms with Gasteiger partial charge in [-0.05, 0) is 48.9 Å². The van der Waals surface area contributed by atoms with E-state index in [2.05, 4.69) is 37.5 Å². The molecule has 0 amide bonds. The quantitative estimate of drug-likeness (QED) is 0.861. The molecule has 116 valence electrons. The van der Waals surface area contributed by atoms with Gasteiger partial charge in [-0.15, -0.1) is 0 Å². The van der Waals surface area contributed by atoms with Crippen LogP contribution in [0.1, 0.15) is 62.6 Å². The number of fused-ring (bicyclic) bond motifs is 1. The van der Waals surface area contributed by atoms with Gasteiger partial charge in [0, 0.05) is 12.5 Å². The largest absolute Gasteiger partial charge is 0.493 e. The minimum absolute atomic E-state index is 0.512. The van der Waals surface area contributed by atoms with Gasteiger partial charge in [0.1, 0.15) is 5.75 Å². The second kappa shape index (κ2) is 6.83. The first-order valence-electron chi connectivity index (χ1n) is 8.74. The van der Waals surface area contributed by atoms with E-state index in [0.29, 0.717) is 6.04 Å². The fourth-order valence-electron chi connectivity index (χ4n) is 4.29. The van der Waals surface area contributed by atoms with E-state index in [1.807, 2.05) is 0 Å². The molecule has 1 aliphatic carbocycles. The molecule has 0 spiro atoms. The van der Waals surface area contributed by atoms with Crippen molar-refractivity contribution < 1.29 is 4.74 Å². The molecule has 1 N–H and O–H groups in total. The van der Waals surface area contributed by atoms with Crippen LogP contribution in [0.25, 0.3) is 0 Å². The van der Waals surface area contributed by atoms with Gasteiger partial charge in [-0.3, -0.25) is 0 Å². The van der Waals surface area contributed by atoms with Crippen LogP contribution in [0.5, 0.6) is 5.75 Å². The normalized spacial score (nSPS) is 26.2. The van der Waals surface area contributed by atoms with E-state index in [1.165, 1.54) is 49.7 Å².